The van der Waals surface area contributed by atoms with Gasteiger partial charge in [0.2, 0.25) is 0 Å². The predicted octanol–water partition coefficient (Wildman–Crippen LogP) is 1.33. The van der Waals surface area contributed by atoms with Crippen LogP contribution in [0.1, 0.15) is 12.8 Å². The Morgan fingerprint density at radius 3 is 2.62 bits per heavy atom. The van der Waals surface area contributed by atoms with Crippen LogP contribution >= 0.6 is 0 Å². The normalized spacial score (nSPS) is 18.1. The number of fused-ring (bicyclic) bond motifs is 1. The summed E-state index contributed by atoms with van der Waals surface area (Å²) < 4.78 is 60.8. The summed E-state index contributed by atoms with van der Waals surface area (Å²) in [5, 5.41) is 3.11. The number of H-pyrrole nitrogens is 1. The number of hydrogen-bond donors (Lipinski definition) is 2. The maximum absolute atomic E-state index is 12.5. The summed E-state index contributed by atoms with van der Waals surface area (Å²) in [7, 11) is -5.23. The third-order valence-electron chi connectivity index (χ3n) is 3.99. The lowest BCUT2D eigenvalue weighted by atomic mass is 9.98. The Bertz CT molecular complexity index is 814. The van der Waals surface area contributed by atoms with Gasteiger partial charge in [-0.3, -0.25) is 0 Å². The molecular weight excluding hydrogens is 349 g/mol. The van der Waals surface area contributed by atoms with Gasteiger partial charge in [0, 0.05) is 19.6 Å². The second kappa shape index (κ2) is 6.16. The molecule has 1 aliphatic heterocycles. The smallest absolute Gasteiger partial charge is 0.368 e. The maximum atomic E-state index is 12.5. The fraction of sp³-hybridized carbons (Fsp3) is 0.583. The molecule has 12 heteroatoms. The number of nitrogens with one attached hydrogen (secondary N) is 2. The number of aromatic amines is 1. The molecule has 0 radical (unpaired) electrons. The lowest BCUT2D eigenvalue weighted by Gasteiger charge is -2.31. The Kier molecular flexibility index (Phi) is 4.34. The van der Waals surface area contributed by atoms with E-state index in [1.165, 1.54) is 12.7 Å². The summed E-state index contributed by atoms with van der Waals surface area (Å²) in [5.74, 6) is 0.612. The first-order valence-electron chi connectivity index (χ1n) is 7.23. The SMILES string of the molecule is O=S(=O)(N1CCC(CNc2ncnc3nc[nH]c23)CC1)C(F)(F)F. The first-order valence-corrected chi connectivity index (χ1v) is 8.67. The molecule has 2 aromatic heterocycles. The molecule has 0 unspecified atom stereocenters. The maximum Gasteiger partial charge on any atom is 0.511 e. The number of sulfonamides is 1. The van der Waals surface area contributed by atoms with E-state index < -0.39 is 15.5 Å². The van der Waals surface area contributed by atoms with Crippen LogP contribution in [-0.4, -0.2) is 57.8 Å². The summed E-state index contributed by atoms with van der Waals surface area (Å²) in [5.41, 5.74) is -4.08. The third-order valence-corrected chi connectivity index (χ3v) is 5.62. The summed E-state index contributed by atoms with van der Waals surface area (Å²) in [6.07, 6.45) is 3.55. The molecule has 0 spiro atoms. The standard InChI is InChI=1S/C12H15F3N6O2S/c13-12(14,15)24(22,23)21-3-1-8(2-4-21)5-16-10-9-11(18-6-17-9)20-7-19-10/h6-8H,1-5H2,(H2,16,17,18,19,20). The molecule has 24 heavy (non-hydrogen) atoms. The molecule has 132 valence electrons. The van der Waals surface area contributed by atoms with Crippen LogP contribution in [-0.2, 0) is 10.0 Å². The van der Waals surface area contributed by atoms with Crippen molar-refractivity contribution >= 4 is 27.0 Å². The van der Waals surface area contributed by atoms with E-state index in [1.54, 1.807) is 0 Å². The molecular formula is C12H15F3N6O2S. The second-order valence-corrected chi connectivity index (χ2v) is 7.43. The largest absolute Gasteiger partial charge is 0.511 e. The molecule has 1 saturated heterocycles. The van der Waals surface area contributed by atoms with Crippen LogP contribution in [0.25, 0.3) is 11.2 Å². The Hall–Kier alpha value is -1.95. The highest BCUT2D eigenvalue weighted by molar-refractivity contribution is 7.90. The molecule has 3 heterocycles. The van der Waals surface area contributed by atoms with Crippen LogP contribution in [0, 0.1) is 5.92 Å². The van der Waals surface area contributed by atoms with Gasteiger partial charge >= 0.3 is 15.5 Å². The molecule has 3 rings (SSSR count). The highest BCUT2D eigenvalue weighted by Gasteiger charge is 2.50. The van der Waals surface area contributed by atoms with Crippen molar-refractivity contribution in [3.63, 3.8) is 0 Å². The van der Waals surface area contributed by atoms with E-state index in [-0.39, 0.29) is 19.0 Å². The predicted molar refractivity (Wildman–Crippen MR) is 79.4 cm³/mol. The number of halogens is 3. The number of nitrogens with zero attached hydrogens (tertiary/aromatic N) is 4. The van der Waals surface area contributed by atoms with Crippen LogP contribution in [0.15, 0.2) is 12.7 Å². The Balaban J connectivity index is 1.58. The molecule has 0 aromatic carbocycles. The summed E-state index contributed by atoms with van der Waals surface area (Å²) in [6.45, 7) is 0.194. The zero-order valence-electron chi connectivity index (χ0n) is 12.4. The minimum absolute atomic E-state index is 0.0534. The summed E-state index contributed by atoms with van der Waals surface area (Å²) >= 11 is 0. The monoisotopic (exact) mass is 364 g/mol. The fourth-order valence-corrected chi connectivity index (χ4v) is 3.62. The Labute approximate surface area is 135 Å². The molecule has 0 amide bonds. The minimum Gasteiger partial charge on any atom is -0.368 e. The summed E-state index contributed by atoms with van der Waals surface area (Å²) in [6, 6.07) is 0. The van der Waals surface area contributed by atoms with Crippen LogP contribution in [0.4, 0.5) is 19.0 Å². The van der Waals surface area contributed by atoms with E-state index >= 15 is 0 Å². The van der Waals surface area contributed by atoms with Crippen molar-refractivity contribution in [1.29, 1.82) is 0 Å². The van der Waals surface area contributed by atoms with Gasteiger partial charge in [-0.2, -0.15) is 17.5 Å². The van der Waals surface area contributed by atoms with Gasteiger partial charge in [0.05, 0.1) is 6.33 Å². The molecule has 0 atom stereocenters. The third kappa shape index (κ3) is 3.15. The van der Waals surface area contributed by atoms with Crippen molar-refractivity contribution in [1.82, 2.24) is 24.2 Å². The Morgan fingerprint density at radius 1 is 1.25 bits per heavy atom. The van der Waals surface area contributed by atoms with Crippen LogP contribution in [0.3, 0.4) is 0 Å². The molecule has 2 N–H and O–H groups in total. The second-order valence-electron chi connectivity index (χ2n) is 5.50. The van der Waals surface area contributed by atoms with Gasteiger partial charge in [-0.05, 0) is 18.8 Å². The summed E-state index contributed by atoms with van der Waals surface area (Å²) in [4.78, 5) is 15.0. The first kappa shape index (κ1) is 16.9. The lowest BCUT2D eigenvalue weighted by molar-refractivity contribution is -0.0496. The average molecular weight is 364 g/mol. The van der Waals surface area contributed by atoms with Gasteiger partial charge < -0.3 is 10.3 Å². The molecule has 8 nitrogen and oxygen atoms in total. The van der Waals surface area contributed by atoms with Crippen LogP contribution in [0.2, 0.25) is 0 Å². The van der Waals surface area contributed by atoms with E-state index in [0.29, 0.717) is 40.7 Å². The molecule has 0 bridgehead atoms. The van der Waals surface area contributed by atoms with Crippen molar-refractivity contribution in [2.75, 3.05) is 25.0 Å². The highest BCUT2D eigenvalue weighted by atomic mass is 32.2. The number of hydrogen-bond acceptors (Lipinski definition) is 6. The van der Waals surface area contributed by atoms with Gasteiger partial charge in [0.1, 0.15) is 11.8 Å². The van der Waals surface area contributed by atoms with E-state index in [9.17, 15) is 21.6 Å². The molecule has 0 aliphatic carbocycles. The number of rotatable bonds is 4. The number of alkyl halides is 3. The van der Waals surface area contributed by atoms with Crippen molar-refractivity contribution in [3.8, 4) is 0 Å². The highest BCUT2D eigenvalue weighted by Crippen LogP contribution is 2.30. The number of piperidine rings is 1. The van der Waals surface area contributed by atoms with Crippen molar-refractivity contribution in [2.24, 2.45) is 5.92 Å². The van der Waals surface area contributed by atoms with Crippen molar-refractivity contribution in [3.05, 3.63) is 12.7 Å². The quantitative estimate of drug-likeness (QED) is 0.848. The van der Waals surface area contributed by atoms with E-state index in [4.69, 9.17) is 0 Å². The van der Waals surface area contributed by atoms with Gasteiger partial charge in [-0.15, -0.1) is 0 Å². The van der Waals surface area contributed by atoms with E-state index in [0.717, 1.165) is 0 Å². The molecule has 1 aliphatic rings. The fourth-order valence-electron chi connectivity index (χ4n) is 2.64. The number of anilines is 1. The van der Waals surface area contributed by atoms with Crippen LogP contribution < -0.4 is 5.32 Å². The number of imidazole rings is 1. The zero-order valence-corrected chi connectivity index (χ0v) is 13.2. The van der Waals surface area contributed by atoms with Gasteiger partial charge in [0.15, 0.2) is 11.5 Å². The molecule has 2 aromatic rings. The van der Waals surface area contributed by atoms with Gasteiger partial charge in [0.25, 0.3) is 0 Å². The van der Waals surface area contributed by atoms with Gasteiger partial charge in [-0.25, -0.2) is 23.4 Å². The zero-order chi connectivity index (χ0) is 17.4. The minimum atomic E-state index is -5.24. The van der Waals surface area contributed by atoms with E-state index in [2.05, 4.69) is 25.3 Å². The first-order chi connectivity index (χ1) is 11.3. The molecule has 1 fully saturated rings. The average Bonchev–Trinajstić information content (AvgIpc) is 3.01. The van der Waals surface area contributed by atoms with Crippen molar-refractivity contribution in [2.45, 2.75) is 18.3 Å². The van der Waals surface area contributed by atoms with Crippen molar-refractivity contribution < 1.29 is 21.6 Å². The Morgan fingerprint density at radius 2 is 1.96 bits per heavy atom. The molecule has 0 saturated carbocycles. The lowest BCUT2D eigenvalue weighted by Crippen LogP contribution is -2.45. The van der Waals surface area contributed by atoms with E-state index in [1.807, 2.05) is 0 Å². The van der Waals surface area contributed by atoms with Gasteiger partial charge in [-0.1, -0.05) is 0 Å². The number of aromatic nitrogens is 4. The van der Waals surface area contributed by atoms with Crippen LogP contribution in [0.5, 0.6) is 0 Å². The topological polar surface area (TPSA) is 104 Å².